The third-order valence-corrected chi connectivity index (χ3v) is 4.01. The second-order valence-corrected chi connectivity index (χ2v) is 5.75. The van der Waals surface area contributed by atoms with Gasteiger partial charge in [0.15, 0.2) is 0 Å². The molecule has 2 atom stereocenters. The van der Waals surface area contributed by atoms with E-state index < -0.39 is 0 Å². The molecule has 1 rings (SSSR count). The van der Waals surface area contributed by atoms with Crippen LogP contribution in [-0.2, 0) is 9.59 Å². The fraction of sp³-hybridized carbons (Fsp3) is 0.867. The van der Waals surface area contributed by atoms with Crippen LogP contribution in [0.15, 0.2) is 0 Å². The summed E-state index contributed by atoms with van der Waals surface area (Å²) in [6, 6.07) is 0.278. The first kappa shape index (κ1) is 17.0. The molecule has 1 aliphatic carbocycles. The van der Waals surface area contributed by atoms with Gasteiger partial charge in [-0.05, 0) is 38.1 Å². The van der Waals surface area contributed by atoms with Gasteiger partial charge in [0, 0.05) is 25.9 Å². The average Bonchev–Trinajstić information content (AvgIpc) is 2.43. The predicted octanol–water partition coefficient (Wildman–Crippen LogP) is 1.32. The van der Waals surface area contributed by atoms with Crippen LogP contribution >= 0.6 is 0 Å². The highest BCUT2D eigenvalue weighted by Crippen LogP contribution is 2.23. The van der Waals surface area contributed by atoms with E-state index in [1.807, 2.05) is 0 Å². The molecule has 4 N–H and O–H groups in total. The summed E-state index contributed by atoms with van der Waals surface area (Å²) in [5, 5.41) is 5.90. The Kier molecular flexibility index (Phi) is 8.26. The van der Waals surface area contributed by atoms with Crippen molar-refractivity contribution in [3.63, 3.8) is 0 Å². The van der Waals surface area contributed by atoms with Crippen molar-refractivity contribution >= 4 is 11.8 Å². The number of nitrogens with one attached hydrogen (secondary N) is 2. The third kappa shape index (κ3) is 6.89. The Morgan fingerprint density at radius 1 is 1.15 bits per heavy atom. The van der Waals surface area contributed by atoms with Crippen molar-refractivity contribution in [2.45, 2.75) is 64.3 Å². The summed E-state index contributed by atoms with van der Waals surface area (Å²) in [7, 11) is 0. The lowest BCUT2D eigenvalue weighted by Gasteiger charge is -2.31. The van der Waals surface area contributed by atoms with E-state index >= 15 is 0 Å². The zero-order valence-corrected chi connectivity index (χ0v) is 12.6. The Hall–Kier alpha value is -1.10. The molecular formula is C15H29N3O2. The maximum Gasteiger partial charge on any atom is 0.220 e. The SMILES string of the molecule is CC(=O)NCCCCCC(=O)NC1CCCCC1CN. The number of unbranched alkanes of at least 4 members (excludes halogenated alkanes) is 2. The lowest BCUT2D eigenvalue weighted by molar-refractivity contribution is -0.122. The van der Waals surface area contributed by atoms with Gasteiger partial charge in [0.05, 0.1) is 0 Å². The van der Waals surface area contributed by atoms with E-state index in [2.05, 4.69) is 10.6 Å². The molecule has 116 valence electrons. The van der Waals surface area contributed by atoms with Gasteiger partial charge in [-0.25, -0.2) is 0 Å². The number of nitrogens with two attached hydrogens (primary N) is 1. The Balaban J connectivity index is 2.08. The van der Waals surface area contributed by atoms with Gasteiger partial charge in [-0.2, -0.15) is 0 Å². The Labute approximate surface area is 122 Å². The van der Waals surface area contributed by atoms with Crippen molar-refractivity contribution in [1.82, 2.24) is 10.6 Å². The van der Waals surface area contributed by atoms with E-state index in [9.17, 15) is 9.59 Å². The fourth-order valence-electron chi connectivity index (χ4n) is 2.81. The molecule has 1 saturated carbocycles. The van der Waals surface area contributed by atoms with Crippen LogP contribution in [-0.4, -0.2) is 30.9 Å². The van der Waals surface area contributed by atoms with Crippen LogP contribution in [0.1, 0.15) is 58.3 Å². The van der Waals surface area contributed by atoms with Crippen LogP contribution in [0.2, 0.25) is 0 Å². The molecule has 1 aliphatic rings. The van der Waals surface area contributed by atoms with Gasteiger partial charge in [-0.1, -0.05) is 19.3 Å². The molecule has 0 aromatic heterocycles. The molecule has 20 heavy (non-hydrogen) atoms. The van der Waals surface area contributed by atoms with Crippen molar-refractivity contribution in [3.05, 3.63) is 0 Å². The van der Waals surface area contributed by atoms with Gasteiger partial charge < -0.3 is 16.4 Å². The van der Waals surface area contributed by atoms with Gasteiger partial charge in [-0.15, -0.1) is 0 Å². The highest BCUT2D eigenvalue weighted by atomic mass is 16.2. The molecule has 1 fully saturated rings. The average molecular weight is 283 g/mol. The van der Waals surface area contributed by atoms with E-state index in [-0.39, 0.29) is 17.9 Å². The quantitative estimate of drug-likeness (QED) is 0.587. The zero-order chi connectivity index (χ0) is 14.8. The lowest BCUT2D eigenvalue weighted by Crippen LogP contribution is -2.44. The van der Waals surface area contributed by atoms with Crippen LogP contribution in [0.25, 0.3) is 0 Å². The van der Waals surface area contributed by atoms with Crippen molar-refractivity contribution < 1.29 is 9.59 Å². The molecule has 5 nitrogen and oxygen atoms in total. The predicted molar refractivity (Wildman–Crippen MR) is 80.1 cm³/mol. The van der Waals surface area contributed by atoms with Crippen LogP contribution < -0.4 is 16.4 Å². The van der Waals surface area contributed by atoms with Crippen molar-refractivity contribution in [3.8, 4) is 0 Å². The topological polar surface area (TPSA) is 84.2 Å². The molecule has 2 amide bonds. The number of carbonyl (C=O) groups is 2. The maximum atomic E-state index is 11.9. The molecular weight excluding hydrogens is 254 g/mol. The number of amides is 2. The smallest absolute Gasteiger partial charge is 0.220 e. The zero-order valence-electron chi connectivity index (χ0n) is 12.6. The monoisotopic (exact) mass is 283 g/mol. The Bertz CT molecular complexity index is 307. The Morgan fingerprint density at radius 3 is 2.60 bits per heavy atom. The molecule has 0 spiro atoms. The summed E-state index contributed by atoms with van der Waals surface area (Å²) in [5.41, 5.74) is 5.76. The van der Waals surface area contributed by atoms with Crippen LogP contribution in [0, 0.1) is 5.92 Å². The molecule has 2 unspecified atom stereocenters. The fourth-order valence-corrected chi connectivity index (χ4v) is 2.81. The van der Waals surface area contributed by atoms with Gasteiger partial charge >= 0.3 is 0 Å². The Morgan fingerprint density at radius 2 is 1.90 bits per heavy atom. The first-order chi connectivity index (χ1) is 9.63. The summed E-state index contributed by atoms with van der Waals surface area (Å²) in [5.74, 6) is 0.607. The first-order valence-corrected chi connectivity index (χ1v) is 7.87. The third-order valence-electron chi connectivity index (χ3n) is 4.01. The minimum absolute atomic E-state index is 0.00729. The normalized spacial score (nSPS) is 22.3. The standard InChI is InChI=1S/C15H29N3O2/c1-12(19)17-10-6-2-3-9-15(20)18-14-8-5-4-7-13(14)11-16/h13-14H,2-11,16H2,1H3,(H,17,19)(H,18,20). The van der Waals surface area contributed by atoms with Crippen LogP contribution in [0.3, 0.4) is 0 Å². The molecule has 0 radical (unpaired) electrons. The minimum atomic E-state index is 0.00729. The van der Waals surface area contributed by atoms with Gasteiger partial charge in [-0.3, -0.25) is 9.59 Å². The van der Waals surface area contributed by atoms with E-state index in [1.54, 1.807) is 0 Å². The molecule has 0 aromatic carbocycles. The summed E-state index contributed by atoms with van der Waals surface area (Å²) < 4.78 is 0. The number of hydrogen-bond acceptors (Lipinski definition) is 3. The first-order valence-electron chi connectivity index (χ1n) is 7.87. The van der Waals surface area contributed by atoms with Crippen molar-refractivity contribution in [1.29, 1.82) is 0 Å². The number of rotatable bonds is 8. The van der Waals surface area contributed by atoms with Crippen molar-refractivity contribution in [2.75, 3.05) is 13.1 Å². The molecule has 0 aliphatic heterocycles. The molecule has 5 heteroatoms. The largest absolute Gasteiger partial charge is 0.356 e. The molecule has 0 aromatic rings. The second kappa shape index (κ2) is 9.75. The van der Waals surface area contributed by atoms with Crippen molar-refractivity contribution in [2.24, 2.45) is 11.7 Å². The van der Waals surface area contributed by atoms with E-state index in [4.69, 9.17) is 5.73 Å². The summed E-state index contributed by atoms with van der Waals surface area (Å²) in [4.78, 5) is 22.6. The maximum absolute atomic E-state index is 11.9. The van der Waals surface area contributed by atoms with Gasteiger partial charge in [0.2, 0.25) is 11.8 Å². The lowest BCUT2D eigenvalue weighted by atomic mass is 9.84. The second-order valence-electron chi connectivity index (χ2n) is 5.75. The molecule has 0 heterocycles. The number of hydrogen-bond donors (Lipinski definition) is 3. The minimum Gasteiger partial charge on any atom is -0.356 e. The van der Waals surface area contributed by atoms with E-state index in [0.29, 0.717) is 25.4 Å². The highest BCUT2D eigenvalue weighted by molar-refractivity contribution is 5.76. The van der Waals surface area contributed by atoms with Gasteiger partial charge in [0.1, 0.15) is 0 Å². The van der Waals surface area contributed by atoms with E-state index in [0.717, 1.165) is 32.1 Å². The summed E-state index contributed by atoms with van der Waals surface area (Å²) in [6.07, 6.45) is 7.99. The summed E-state index contributed by atoms with van der Waals surface area (Å²) >= 11 is 0. The van der Waals surface area contributed by atoms with E-state index in [1.165, 1.54) is 19.8 Å². The van der Waals surface area contributed by atoms with Gasteiger partial charge in [0.25, 0.3) is 0 Å². The highest BCUT2D eigenvalue weighted by Gasteiger charge is 2.24. The summed E-state index contributed by atoms with van der Waals surface area (Å²) in [6.45, 7) is 2.89. The van der Waals surface area contributed by atoms with Crippen LogP contribution in [0.4, 0.5) is 0 Å². The molecule has 0 bridgehead atoms. The van der Waals surface area contributed by atoms with Crippen LogP contribution in [0.5, 0.6) is 0 Å². The molecule has 0 saturated heterocycles. The number of carbonyl (C=O) groups excluding carboxylic acids is 2.